The predicted molar refractivity (Wildman–Crippen MR) is 123 cm³/mol. The Bertz CT molecular complexity index is 1140. The summed E-state index contributed by atoms with van der Waals surface area (Å²) < 4.78 is 10.9. The smallest absolute Gasteiger partial charge is 0.322 e. The fourth-order valence-corrected chi connectivity index (χ4v) is 3.86. The second-order valence-electron chi connectivity index (χ2n) is 8.09. The summed E-state index contributed by atoms with van der Waals surface area (Å²) in [5, 5.41) is 7.90. The van der Waals surface area contributed by atoms with Crippen LogP contribution in [0.2, 0.25) is 5.02 Å². The highest BCUT2D eigenvalue weighted by molar-refractivity contribution is 6.30. The fraction of sp³-hybridized carbons (Fsp3) is 0.292. The van der Waals surface area contributed by atoms with Crippen LogP contribution in [0.5, 0.6) is 5.75 Å². The van der Waals surface area contributed by atoms with E-state index in [0.29, 0.717) is 29.2 Å². The monoisotopic (exact) mass is 452 g/mol. The number of methoxy groups -OCH3 is 1. The second kappa shape index (κ2) is 9.04. The van der Waals surface area contributed by atoms with Crippen LogP contribution in [0.15, 0.2) is 58.8 Å². The van der Waals surface area contributed by atoms with Crippen molar-refractivity contribution in [3.8, 4) is 17.1 Å². The molecule has 32 heavy (non-hydrogen) atoms. The molecule has 0 saturated carbocycles. The maximum atomic E-state index is 12.9. The van der Waals surface area contributed by atoms with Crippen LogP contribution < -0.4 is 10.1 Å². The van der Waals surface area contributed by atoms with Crippen LogP contribution >= 0.6 is 11.6 Å². The molecule has 1 unspecified atom stereocenters. The third kappa shape index (κ3) is 4.34. The number of amides is 2. The van der Waals surface area contributed by atoms with E-state index in [9.17, 15) is 4.79 Å². The molecule has 1 aliphatic rings. The molecule has 1 N–H and O–H groups in total. The van der Waals surface area contributed by atoms with Crippen LogP contribution in [0.25, 0.3) is 17.0 Å². The van der Waals surface area contributed by atoms with Crippen LogP contribution in [0, 0.1) is 5.92 Å². The molecule has 7 nitrogen and oxygen atoms in total. The number of hydrogen-bond acceptors (Lipinski definition) is 5. The Balaban J connectivity index is 1.78. The lowest BCUT2D eigenvalue weighted by molar-refractivity contribution is 0.199. The molecule has 0 aliphatic carbocycles. The van der Waals surface area contributed by atoms with Gasteiger partial charge in [-0.25, -0.2) is 4.79 Å². The summed E-state index contributed by atoms with van der Waals surface area (Å²) in [6, 6.07) is 14.2. The number of urea groups is 1. The highest BCUT2D eigenvalue weighted by Crippen LogP contribution is 2.38. The van der Waals surface area contributed by atoms with Crippen molar-refractivity contribution in [2.24, 2.45) is 5.92 Å². The average molecular weight is 453 g/mol. The van der Waals surface area contributed by atoms with E-state index in [1.807, 2.05) is 43.3 Å². The van der Waals surface area contributed by atoms with Crippen molar-refractivity contribution >= 4 is 23.2 Å². The molecule has 4 rings (SSSR count). The molecular weight excluding hydrogens is 428 g/mol. The number of benzene rings is 2. The summed E-state index contributed by atoms with van der Waals surface area (Å²) in [5.41, 5.74) is 3.23. The number of hydrogen-bond donors (Lipinski definition) is 1. The van der Waals surface area contributed by atoms with Crippen molar-refractivity contribution in [1.29, 1.82) is 0 Å². The Labute approximate surface area is 192 Å². The molecule has 1 aromatic heterocycles. The zero-order chi connectivity index (χ0) is 22.8. The van der Waals surface area contributed by atoms with E-state index in [0.717, 1.165) is 28.1 Å². The van der Waals surface area contributed by atoms with Gasteiger partial charge in [-0.1, -0.05) is 42.7 Å². The molecule has 0 radical (unpaired) electrons. The SMILES string of the molecule is COc1ccc(-c2noc(C3=C(C)N(CC(C)C)C(=O)NC3c3ccc(Cl)cc3)n2)cc1. The number of carbonyl (C=O) groups excluding carboxylic acids is 1. The first-order chi connectivity index (χ1) is 15.4. The van der Waals surface area contributed by atoms with Crippen molar-refractivity contribution in [2.45, 2.75) is 26.8 Å². The summed E-state index contributed by atoms with van der Waals surface area (Å²) in [6.07, 6.45) is 0. The quantitative estimate of drug-likeness (QED) is 0.530. The van der Waals surface area contributed by atoms with Crippen molar-refractivity contribution in [2.75, 3.05) is 13.7 Å². The fourth-order valence-electron chi connectivity index (χ4n) is 3.74. The molecule has 0 saturated heterocycles. The van der Waals surface area contributed by atoms with E-state index >= 15 is 0 Å². The molecule has 2 heterocycles. The van der Waals surface area contributed by atoms with Gasteiger partial charge in [0.1, 0.15) is 5.75 Å². The number of ether oxygens (including phenoxy) is 1. The van der Waals surface area contributed by atoms with Gasteiger partial charge < -0.3 is 14.6 Å². The summed E-state index contributed by atoms with van der Waals surface area (Å²) in [4.78, 5) is 19.3. The summed E-state index contributed by atoms with van der Waals surface area (Å²) in [5.74, 6) is 1.87. The minimum atomic E-state index is -0.438. The molecule has 3 aromatic rings. The normalized spacial score (nSPS) is 16.5. The van der Waals surface area contributed by atoms with Crippen LogP contribution in [-0.2, 0) is 0 Å². The second-order valence-corrected chi connectivity index (χ2v) is 8.53. The van der Waals surface area contributed by atoms with Crippen LogP contribution in [-0.4, -0.2) is 34.7 Å². The number of aromatic nitrogens is 2. The summed E-state index contributed by atoms with van der Waals surface area (Å²) >= 11 is 6.08. The zero-order valence-electron chi connectivity index (χ0n) is 18.4. The maximum absolute atomic E-state index is 12.9. The van der Waals surface area contributed by atoms with E-state index in [1.54, 1.807) is 24.1 Å². The number of nitrogens with zero attached hydrogens (tertiary/aromatic N) is 3. The topological polar surface area (TPSA) is 80.5 Å². The van der Waals surface area contributed by atoms with Gasteiger partial charge in [0.15, 0.2) is 0 Å². The molecule has 0 bridgehead atoms. The third-order valence-electron chi connectivity index (χ3n) is 5.35. The first-order valence-corrected chi connectivity index (χ1v) is 10.8. The van der Waals surface area contributed by atoms with E-state index in [-0.39, 0.29) is 6.03 Å². The lowest BCUT2D eigenvalue weighted by Crippen LogP contribution is -2.47. The molecule has 0 spiro atoms. The van der Waals surface area contributed by atoms with Gasteiger partial charge in [0.25, 0.3) is 5.89 Å². The molecule has 1 aliphatic heterocycles. The van der Waals surface area contributed by atoms with Gasteiger partial charge in [-0.3, -0.25) is 4.90 Å². The van der Waals surface area contributed by atoms with Crippen LogP contribution in [0.1, 0.15) is 38.3 Å². The Morgan fingerprint density at radius 2 is 1.84 bits per heavy atom. The predicted octanol–water partition coefficient (Wildman–Crippen LogP) is 5.55. The van der Waals surface area contributed by atoms with E-state index < -0.39 is 6.04 Å². The Morgan fingerprint density at radius 3 is 2.47 bits per heavy atom. The summed E-state index contributed by atoms with van der Waals surface area (Å²) in [7, 11) is 1.62. The van der Waals surface area contributed by atoms with Crippen LogP contribution in [0.4, 0.5) is 4.79 Å². The Hall–Kier alpha value is -3.32. The Kier molecular flexibility index (Phi) is 6.19. The lowest BCUT2D eigenvalue weighted by Gasteiger charge is -2.36. The van der Waals surface area contributed by atoms with Crippen molar-refractivity contribution < 1.29 is 14.1 Å². The molecule has 166 valence electrons. The average Bonchev–Trinajstić information content (AvgIpc) is 3.26. The van der Waals surface area contributed by atoms with Gasteiger partial charge in [-0.2, -0.15) is 4.98 Å². The molecule has 8 heteroatoms. The van der Waals surface area contributed by atoms with E-state index in [4.69, 9.17) is 20.9 Å². The highest BCUT2D eigenvalue weighted by Gasteiger charge is 2.35. The Morgan fingerprint density at radius 1 is 1.16 bits per heavy atom. The number of rotatable bonds is 6. The zero-order valence-corrected chi connectivity index (χ0v) is 19.2. The van der Waals surface area contributed by atoms with Crippen molar-refractivity contribution in [3.05, 3.63) is 70.7 Å². The number of nitrogens with one attached hydrogen (secondary N) is 1. The van der Waals surface area contributed by atoms with E-state index in [1.165, 1.54) is 0 Å². The minimum Gasteiger partial charge on any atom is -0.497 e. The minimum absolute atomic E-state index is 0.158. The molecule has 0 fully saturated rings. The van der Waals surface area contributed by atoms with Gasteiger partial charge >= 0.3 is 6.03 Å². The molecule has 2 amide bonds. The van der Waals surface area contributed by atoms with Crippen molar-refractivity contribution in [1.82, 2.24) is 20.4 Å². The van der Waals surface area contributed by atoms with E-state index in [2.05, 4.69) is 29.3 Å². The van der Waals surface area contributed by atoms with Gasteiger partial charge in [0, 0.05) is 22.8 Å². The van der Waals surface area contributed by atoms with Gasteiger partial charge in [-0.15, -0.1) is 0 Å². The lowest BCUT2D eigenvalue weighted by atomic mass is 9.94. The largest absolute Gasteiger partial charge is 0.497 e. The number of allylic oxidation sites excluding steroid dienone is 1. The number of carbonyl (C=O) groups is 1. The highest BCUT2D eigenvalue weighted by atomic mass is 35.5. The maximum Gasteiger partial charge on any atom is 0.322 e. The first kappa shape index (κ1) is 21.9. The molecule has 1 atom stereocenters. The summed E-state index contributed by atoms with van der Waals surface area (Å²) in [6.45, 7) is 6.63. The van der Waals surface area contributed by atoms with Gasteiger partial charge in [-0.05, 0) is 54.8 Å². The third-order valence-corrected chi connectivity index (χ3v) is 5.60. The molecular formula is C24H25ClN4O3. The van der Waals surface area contributed by atoms with Crippen LogP contribution in [0.3, 0.4) is 0 Å². The van der Waals surface area contributed by atoms with Crippen molar-refractivity contribution in [3.63, 3.8) is 0 Å². The first-order valence-electron chi connectivity index (χ1n) is 10.4. The number of halogens is 1. The standard InChI is InChI=1S/C24H25ClN4O3/c1-14(2)13-29-15(3)20(21(26-24(29)30)16-5-9-18(25)10-6-16)23-27-22(28-32-23)17-7-11-19(31-4)12-8-17/h5-12,14,21H,13H2,1-4H3,(H,26,30). The van der Waals surface area contributed by atoms with Gasteiger partial charge in [0.2, 0.25) is 5.82 Å². The van der Waals surface area contributed by atoms with Gasteiger partial charge in [0.05, 0.1) is 18.7 Å². The molecule has 2 aromatic carbocycles.